The number of nitrogens with zero attached hydrogens (tertiary/aromatic N) is 2. The standard InChI is InChI=1S/C24H36N4O3/c1-14(2)21-19(13-25-28(21)7-6-23(4,5)27-15(3)29)22(30)26-20-17-8-16-9-18(20)12-24(31,10-16)11-17/h6-7,13-14,16-18,20,31H,8-12H2,1-5H3,(H,26,30)(H,27,29)/b7-6+. The van der Waals surface area contributed by atoms with E-state index in [1.807, 2.05) is 26.1 Å². The Morgan fingerprint density at radius 1 is 1.26 bits per heavy atom. The van der Waals surface area contributed by atoms with Gasteiger partial charge in [-0.05, 0) is 75.7 Å². The van der Waals surface area contributed by atoms with Gasteiger partial charge in [0.05, 0.1) is 28.6 Å². The summed E-state index contributed by atoms with van der Waals surface area (Å²) in [4.78, 5) is 24.7. The van der Waals surface area contributed by atoms with Crippen LogP contribution >= 0.6 is 0 Å². The third-order valence-corrected chi connectivity index (χ3v) is 7.29. The van der Waals surface area contributed by atoms with Crippen molar-refractivity contribution in [2.45, 2.75) is 89.8 Å². The molecule has 5 rings (SSSR count). The SMILES string of the molecule is CC(=O)NC(C)(C)/C=C/n1ncc(C(=O)NC2C3CC4CC2CC(O)(C4)C3)c1C(C)C. The van der Waals surface area contributed by atoms with Crippen molar-refractivity contribution in [3.8, 4) is 0 Å². The van der Waals surface area contributed by atoms with Gasteiger partial charge in [-0.15, -0.1) is 0 Å². The molecule has 4 saturated carbocycles. The average Bonchev–Trinajstić information content (AvgIpc) is 3.05. The minimum atomic E-state index is -0.519. The number of carbonyl (C=O) groups is 2. The van der Waals surface area contributed by atoms with Gasteiger partial charge in [0.15, 0.2) is 0 Å². The summed E-state index contributed by atoms with van der Waals surface area (Å²) in [6.07, 6.45) is 10.1. The number of amides is 2. The van der Waals surface area contributed by atoms with E-state index in [0.29, 0.717) is 23.3 Å². The fraction of sp³-hybridized carbons (Fsp3) is 0.708. The Bertz CT molecular complexity index is 885. The number of aliphatic hydroxyl groups is 1. The Labute approximate surface area is 184 Å². The molecule has 4 fully saturated rings. The monoisotopic (exact) mass is 428 g/mol. The second-order valence-electron chi connectivity index (χ2n) is 11.0. The highest BCUT2D eigenvalue weighted by molar-refractivity contribution is 5.95. The van der Waals surface area contributed by atoms with Gasteiger partial charge < -0.3 is 15.7 Å². The second-order valence-corrected chi connectivity index (χ2v) is 11.0. The molecule has 0 aliphatic heterocycles. The number of nitrogens with one attached hydrogen (secondary N) is 2. The zero-order valence-electron chi connectivity index (χ0n) is 19.3. The van der Waals surface area contributed by atoms with Crippen LogP contribution in [0.1, 0.15) is 88.7 Å². The van der Waals surface area contributed by atoms with Crippen LogP contribution in [0.5, 0.6) is 0 Å². The van der Waals surface area contributed by atoms with Gasteiger partial charge >= 0.3 is 0 Å². The van der Waals surface area contributed by atoms with Crippen LogP contribution in [0.2, 0.25) is 0 Å². The first-order chi connectivity index (χ1) is 14.5. The van der Waals surface area contributed by atoms with Crippen LogP contribution in [-0.4, -0.2) is 43.9 Å². The summed E-state index contributed by atoms with van der Waals surface area (Å²) in [6, 6.07) is 0.141. The third kappa shape index (κ3) is 4.43. The fourth-order valence-electron chi connectivity index (χ4n) is 6.44. The molecule has 1 heterocycles. The van der Waals surface area contributed by atoms with Gasteiger partial charge in [-0.25, -0.2) is 4.68 Å². The van der Waals surface area contributed by atoms with Gasteiger partial charge in [-0.1, -0.05) is 13.8 Å². The van der Waals surface area contributed by atoms with E-state index in [-0.39, 0.29) is 23.8 Å². The Hall–Kier alpha value is -2.15. The summed E-state index contributed by atoms with van der Waals surface area (Å²) in [5, 5.41) is 21.5. The summed E-state index contributed by atoms with van der Waals surface area (Å²) in [6.45, 7) is 9.42. The number of hydrogen-bond donors (Lipinski definition) is 3. The lowest BCUT2D eigenvalue weighted by atomic mass is 9.52. The summed E-state index contributed by atoms with van der Waals surface area (Å²) >= 11 is 0. The molecule has 2 unspecified atom stereocenters. The van der Waals surface area contributed by atoms with E-state index < -0.39 is 11.1 Å². The number of hydrogen-bond acceptors (Lipinski definition) is 4. The quantitative estimate of drug-likeness (QED) is 0.649. The normalized spacial score (nSPS) is 32.1. The lowest BCUT2D eigenvalue weighted by molar-refractivity contribution is -0.136. The number of aromatic nitrogens is 2. The molecule has 1 aromatic heterocycles. The van der Waals surface area contributed by atoms with Crippen molar-refractivity contribution in [3.05, 3.63) is 23.5 Å². The van der Waals surface area contributed by atoms with Crippen LogP contribution < -0.4 is 10.6 Å². The Morgan fingerprint density at radius 3 is 2.45 bits per heavy atom. The van der Waals surface area contributed by atoms with Crippen molar-refractivity contribution in [1.82, 2.24) is 20.4 Å². The van der Waals surface area contributed by atoms with Crippen molar-refractivity contribution in [2.24, 2.45) is 17.8 Å². The van der Waals surface area contributed by atoms with Gasteiger partial charge in [0.2, 0.25) is 5.91 Å². The third-order valence-electron chi connectivity index (χ3n) is 7.29. The summed E-state index contributed by atoms with van der Waals surface area (Å²) in [7, 11) is 0. The van der Waals surface area contributed by atoms with Crippen LogP contribution in [-0.2, 0) is 4.79 Å². The molecule has 0 aromatic carbocycles. The lowest BCUT2D eigenvalue weighted by Crippen LogP contribution is -2.61. The summed E-state index contributed by atoms with van der Waals surface area (Å²) in [5.41, 5.74) is 0.436. The Balaban J connectivity index is 1.52. The first-order valence-corrected chi connectivity index (χ1v) is 11.5. The summed E-state index contributed by atoms with van der Waals surface area (Å²) in [5.74, 6) is 1.29. The highest BCUT2D eigenvalue weighted by Crippen LogP contribution is 2.55. The molecule has 4 bridgehead atoms. The van der Waals surface area contributed by atoms with Crippen LogP contribution in [0.15, 0.2) is 12.3 Å². The highest BCUT2D eigenvalue weighted by atomic mass is 16.3. The maximum absolute atomic E-state index is 13.3. The van der Waals surface area contributed by atoms with Crippen LogP contribution in [0, 0.1) is 17.8 Å². The molecule has 7 heteroatoms. The first kappa shape index (κ1) is 22.1. The number of carbonyl (C=O) groups excluding carboxylic acids is 2. The van der Waals surface area contributed by atoms with Gasteiger partial charge in [0.1, 0.15) is 0 Å². The predicted octanol–water partition coefficient (Wildman–Crippen LogP) is 3.06. The maximum Gasteiger partial charge on any atom is 0.255 e. The largest absolute Gasteiger partial charge is 0.390 e. The molecule has 7 nitrogen and oxygen atoms in total. The molecule has 4 aliphatic rings. The van der Waals surface area contributed by atoms with Crippen molar-refractivity contribution < 1.29 is 14.7 Å². The van der Waals surface area contributed by atoms with Gasteiger partial charge in [0.25, 0.3) is 5.91 Å². The molecule has 31 heavy (non-hydrogen) atoms. The molecular formula is C24H36N4O3. The average molecular weight is 429 g/mol. The van der Waals surface area contributed by atoms with Crippen molar-refractivity contribution in [3.63, 3.8) is 0 Å². The molecule has 0 saturated heterocycles. The molecule has 3 N–H and O–H groups in total. The summed E-state index contributed by atoms with van der Waals surface area (Å²) < 4.78 is 1.74. The predicted molar refractivity (Wildman–Crippen MR) is 119 cm³/mol. The maximum atomic E-state index is 13.3. The van der Waals surface area contributed by atoms with Crippen LogP contribution in [0.4, 0.5) is 0 Å². The molecule has 4 aliphatic carbocycles. The first-order valence-electron chi connectivity index (χ1n) is 11.5. The van der Waals surface area contributed by atoms with Gasteiger partial charge in [-0.2, -0.15) is 5.10 Å². The molecule has 170 valence electrons. The fourth-order valence-corrected chi connectivity index (χ4v) is 6.44. The van der Waals surface area contributed by atoms with E-state index in [2.05, 4.69) is 29.6 Å². The minimum absolute atomic E-state index is 0.0751. The van der Waals surface area contributed by atoms with E-state index in [1.54, 1.807) is 10.9 Å². The Morgan fingerprint density at radius 2 is 1.90 bits per heavy atom. The van der Waals surface area contributed by atoms with Crippen molar-refractivity contribution >= 4 is 18.0 Å². The highest BCUT2D eigenvalue weighted by Gasteiger charge is 2.55. The molecule has 2 amide bonds. The number of rotatable bonds is 6. The van der Waals surface area contributed by atoms with E-state index in [0.717, 1.165) is 37.8 Å². The second kappa shape index (κ2) is 7.76. The van der Waals surface area contributed by atoms with E-state index in [9.17, 15) is 14.7 Å². The van der Waals surface area contributed by atoms with Crippen molar-refractivity contribution in [2.75, 3.05) is 0 Å². The zero-order chi connectivity index (χ0) is 22.6. The molecule has 2 atom stereocenters. The molecule has 1 aromatic rings. The molecule has 0 radical (unpaired) electrons. The topological polar surface area (TPSA) is 96.2 Å². The van der Waals surface area contributed by atoms with Crippen LogP contribution in [0.3, 0.4) is 0 Å². The van der Waals surface area contributed by atoms with Gasteiger partial charge in [0, 0.05) is 19.2 Å². The van der Waals surface area contributed by atoms with E-state index in [1.165, 1.54) is 6.92 Å². The van der Waals surface area contributed by atoms with Crippen LogP contribution in [0.25, 0.3) is 6.20 Å². The van der Waals surface area contributed by atoms with E-state index in [4.69, 9.17) is 0 Å². The lowest BCUT2D eigenvalue weighted by Gasteiger charge is -2.58. The van der Waals surface area contributed by atoms with E-state index >= 15 is 0 Å². The minimum Gasteiger partial charge on any atom is -0.390 e. The molecular weight excluding hydrogens is 392 g/mol. The van der Waals surface area contributed by atoms with Crippen molar-refractivity contribution in [1.29, 1.82) is 0 Å². The zero-order valence-corrected chi connectivity index (χ0v) is 19.3. The Kier molecular flexibility index (Phi) is 5.53. The molecule has 0 spiro atoms. The smallest absolute Gasteiger partial charge is 0.255 e. The van der Waals surface area contributed by atoms with Gasteiger partial charge in [-0.3, -0.25) is 9.59 Å².